The van der Waals surface area contributed by atoms with Crippen LogP contribution in [0.2, 0.25) is 0 Å². The van der Waals surface area contributed by atoms with Gasteiger partial charge in [0.2, 0.25) is 0 Å². The maximum Gasteiger partial charge on any atom is 0.0914 e. The zero-order valence-electron chi connectivity index (χ0n) is 13.5. The third-order valence-corrected chi connectivity index (χ3v) is 4.61. The summed E-state index contributed by atoms with van der Waals surface area (Å²) in [6.45, 7) is 2.87. The van der Waals surface area contributed by atoms with Crippen LogP contribution < -0.4 is 5.32 Å². The van der Waals surface area contributed by atoms with E-state index in [9.17, 15) is 5.11 Å². The Morgan fingerprint density at radius 3 is 2.29 bits per heavy atom. The zero-order chi connectivity index (χ0) is 14.9. The standard InChI is InChI=1S/C19H31NO/c1-2-8-16-11-13-17(14-12-16)19(21)15-20-18-9-6-4-3-5-7-10-18/h11-14,18-21H,2-10,15H2,1H3. The second-order valence-corrected chi connectivity index (χ2v) is 6.46. The van der Waals surface area contributed by atoms with Gasteiger partial charge in [0.15, 0.2) is 0 Å². The number of aryl methyl sites for hydroxylation is 1. The van der Waals surface area contributed by atoms with Gasteiger partial charge in [-0.1, -0.05) is 69.7 Å². The number of aliphatic hydroxyl groups excluding tert-OH is 1. The average Bonchev–Trinajstić information content (AvgIpc) is 2.47. The van der Waals surface area contributed by atoms with Crippen LogP contribution in [0, 0.1) is 0 Å². The highest BCUT2D eigenvalue weighted by Gasteiger charge is 2.13. The smallest absolute Gasteiger partial charge is 0.0914 e. The highest BCUT2D eigenvalue weighted by atomic mass is 16.3. The summed E-state index contributed by atoms with van der Waals surface area (Å²) in [6.07, 6.45) is 11.3. The third kappa shape index (κ3) is 5.80. The number of hydrogen-bond acceptors (Lipinski definition) is 2. The number of benzene rings is 1. The molecule has 2 heteroatoms. The molecule has 1 aromatic rings. The lowest BCUT2D eigenvalue weighted by Gasteiger charge is -2.23. The zero-order valence-corrected chi connectivity index (χ0v) is 13.5. The molecule has 0 saturated heterocycles. The van der Waals surface area contributed by atoms with Crippen molar-refractivity contribution in [2.75, 3.05) is 6.54 Å². The summed E-state index contributed by atoms with van der Waals surface area (Å²) in [5.74, 6) is 0. The molecule has 0 heterocycles. The molecule has 2 N–H and O–H groups in total. The fourth-order valence-corrected chi connectivity index (χ4v) is 3.25. The highest BCUT2D eigenvalue weighted by molar-refractivity contribution is 5.24. The summed E-state index contributed by atoms with van der Waals surface area (Å²) >= 11 is 0. The SMILES string of the molecule is CCCc1ccc(C(O)CNC2CCCCCCC2)cc1. The van der Waals surface area contributed by atoms with Gasteiger partial charge in [-0.15, -0.1) is 0 Å². The molecule has 1 saturated carbocycles. The molecule has 1 unspecified atom stereocenters. The minimum Gasteiger partial charge on any atom is -0.387 e. The van der Waals surface area contributed by atoms with Crippen LogP contribution >= 0.6 is 0 Å². The van der Waals surface area contributed by atoms with Crippen molar-refractivity contribution in [3.8, 4) is 0 Å². The molecule has 1 aliphatic carbocycles. The lowest BCUT2D eigenvalue weighted by atomic mass is 9.96. The lowest BCUT2D eigenvalue weighted by Crippen LogP contribution is -2.33. The molecule has 118 valence electrons. The first kappa shape index (κ1) is 16.5. The topological polar surface area (TPSA) is 32.3 Å². The van der Waals surface area contributed by atoms with Gasteiger partial charge < -0.3 is 10.4 Å². The molecule has 2 rings (SSSR count). The first-order valence-electron chi connectivity index (χ1n) is 8.80. The fourth-order valence-electron chi connectivity index (χ4n) is 3.25. The van der Waals surface area contributed by atoms with Crippen LogP contribution in [-0.4, -0.2) is 17.7 Å². The van der Waals surface area contributed by atoms with Crippen molar-refractivity contribution in [1.29, 1.82) is 0 Å². The maximum absolute atomic E-state index is 10.3. The summed E-state index contributed by atoms with van der Waals surface area (Å²) < 4.78 is 0. The van der Waals surface area contributed by atoms with Gasteiger partial charge in [0.05, 0.1) is 6.10 Å². The van der Waals surface area contributed by atoms with Crippen molar-refractivity contribution in [3.63, 3.8) is 0 Å². The molecular formula is C19H31NO. The molecule has 0 amide bonds. The first-order valence-corrected chi connectivity index (χ1v) is 8.80. The summed E-state index contributed by atoms with van der Waals surface area (Å²) in [6, 6.07) is 9.06. The monoisotopic (exact) mass is 289 g/mol. The molecule has 0 aromatic heterocycles. The Hall–Kier alpha value is -0.860. The van der Waals surface area contributed by atoms with Crippen molar-refractivity contribution >= 4 is 0 Å². The molecule has 2 nitrogen and oxygen atoms in total. The van der Waals surface area contributed by atoms with Gasteiger partial charge >= 0.3 is 0 Å². The predicted molar refractivity (Wildman–Crippen MR) is 89.5 cm³/mol. The van der Waals surface area contributed by atoms with Crippen LogP contribution in [0.3, 0.4) is 0 Å². The number of nitrogens with one attached hydrogen (secondary N) is 1. The van der Waals surface area contributed by atoms with Crippen molar-refractivity contribution in [3.05, 3.63) is 35.4 Å². The van der Waals surface area contributed by atoms with E-state index in [2.05, 4.69) is 36.5 Å². The Bertz CT molecular complexity index is 379. The van der Waals surface area contributed by atoms with Gasteiger partial charge in [0.25, 0.3) is 0 Å². The van der Waals surface area contributed by atoms with Crippen LogP contribution in [0.15, 0.2) is 24.3 Å². The lowest BCUT2D eigenvalue weighted by molar-refractivity contribution is 0.167. The number of aliphatic hydroxyl groups is 1. The van der Waals surface area contributed by atoms with Crippen LogP contribution in [0.5, 0.6) is 0 Å². The first-order chi connectivity index (χ1) is 10.3. The summed E-state index contributed by atoms with van der Waals surface area (Å²) in [4.78, 5) is 0. The minimum absolute atomic E-state index is 0.383. The van der Waals surface area contributed by atoms with Crippen LogP contribution in [0.4, 0.5) is 0 Å². The molecule has 0 aliphatic heterocycles. The third-order valence-electron chi connectivity index (χ3n) is 4.61. The summed E-state index contributed by atoms with van der Waals surface area (Å²) in [5, 5.41) is 13.9. The second-order valence-electron chi connectivity index (χ2n) is 6.46. The van der Waals surface area contributed by atoms with Gasteiger partial charge in [0.1, 0.15) is 0 Å². The molecule has 1 atom stereocenters. The molecule has 0 bridgehead atoms. The normalized spacial score (nSPS) is 19.0. The second kappa shape index (κ2) is 9.22. The molecular weight excluding hydrogens is 258 g/mol. The molecule has 0 radical (unpaired) electrons. The van der Waals surface area contributed by atoms with Crippen molar-refractivity contribution < 1.29 is 5.11 Å². The van der Waals surface area contributed by atoms with Gasteiger partial charge in [-0.25, -0.2) is 0 Å². The Morgan fingerprint density at radius 2 is 1.67 bits per heavy atom. The molecule has 21 heavy (non-hydrogen) atoms. The quantitative estimate of drug-likeness (QED) is 0.815. The van der Waals surface area contributed by atoms with Crippen LogP contribution in [0.25, 0.3) is 0 Å². The van der Waals surface area contributed by atoms with E-state index >= 15 is 0 Å². The van der Waals surface area contributed by atoms with Crippen LogP contribution in [-0.2, 0) is 6.42 Å². The van der Waals surface area contributed by atoms with E-state index in [0.29, 0.717) is 12.6 Å². The van der Waals surface area contributed by atoms with E-state index in [-0.39, 0.29) is 6.10 Å². The van der Waals surface area contributed by atoms with Gasteiger partial charge in [-0.3, -0.25) is 0 Å². The Balaban J connectivity index is 1.78. The van der Waals surface area contributed by atoms with Gasteiger partial charge in [-0.2, -0.15) is 0 Å². The number of rotatable bonds is 6. The summed E-state index contributed by atoms with van der Waals surface area (Å²) in [5.41, 5.74) is 2.40. The van der Waals surface area contributed by atoms with Gasteiger partial charge in [0, 0.05) is 12.6 Å². The van der Waals surface area contributed by atoms with E-state index in [4.69, 9.17) is 0 Å². The molecule has 1 fully saturated rings. The van der Waals surface area contributed by atoms with E-state index < -0.39 is 0 Å². The Labute approximate surface area is 130 Å². The van der Waals surface area contributed by atoms with Gasteiger partial charge in [-0.05, 0) is 30.4 Å². The van der Waals surface area contributed by atoms with Crippen molar-refractivity contribution in [2.45, 2.75) is 76.9 Å². The predicted octanol–water partition coefficient (Wildman–Crippen LogP) is 4.38. The Morgan fingerprint density at radius 1 is 1.05 bits per heavy atom. The highest BCUT2D eigenvalue weighted by Crippen LogP contribution is 2.19. The summed E-state index contributed by atoms with van der Waals surface area (Å²) in [7, 11) is 0. The molecule has 0 spiro atoms. The minimum atomic E-state index is -0.383. The van der Waals surface area contributed by atoms with E-state index in [1.54, 1.807) is 0 Å². The van der Waals surface area contributed by atoms with E-state index in [1.807, 2.05) is 0 Å². The van der Waals surface area contributed by atoms with Crippen molar-refractivity contribution in [1.82, 2.24) is 5.32 Å². The Kier molecular flexibility index (Phi) is 7.25. The number of hydrogen-bond donors (Lipinski definition) is 2. The molecule has 1 aliphatic rings. The fraction of sp³-hybridized carbons (Fsp3) is 0.684. The molecule has 1 aromatic carbocycles. The maximum atomic E-state index is 10.3. The largest absolute Gasteiger partial charge is 0.387 e. The van der Waals surface area contributed by atoms with E-state index in [1.165, 1.54) is 56.9 Å². The average molecular weight is 289 g/mol. The van der Waals surface area contributed by atoms with Crippen LogP contribution in [0.1, 0.15) is 75.5 Å². The van der Waals surface area contributed by atoms with E-state index in [0.717, 1.165) is 12.0 Å². The van der Waals surface area contributed by atoms with Crippen molar-refractivity contribution in [2.24, 2.45) is 0 Å².